The number of fused-ring (bicyclic) bond motifs is 1. The standard InChI is InChI=1S/C9H8ClN7/c1-4-6(10)3-17(16-4)8-5-2-12-15-7(5)13-9(11)14-8/h2-3H,1H3,(H3,11,12,13,14,15). The molecule has 0 saturated heterocycles. The topological polar surface area (TPSA) is 98.3 Å². The first kappa shape index (κ1) is 10.0. The van der Waals surface area contributed by atoms with Gasteiger partial charge in [0.05, 0.1) is 28.5 Å². The van der Waals surface area contributed by atoms with Gasteiger partial charge in [0.15, 0.2) is 11.5 Å². The summed E-state index contributed by atoms with van der Waals surface area (Å²) in [6.45, 7) is 1.82. The fraction of sp³-hybridized carbons (Fsp3) is 0.111. The number of halogens is 1. The summed E-state index contributed by atoms with van der Waals surface area (Å²) in [5, 5.41) is 12.2. The highest BCUT2D eigenvalue weighted by Gasteiger charge is 2.12. The van der Waals surface area contributed by atoms with Crippen LogP contribution in [0.3, 0.4) is 0 Å². The van der Waals surface area contributed by atoms with Gasteiger partial charge in [-0.2, -0.15) is 20.2 Å². The average molecular weight is 250 g/mol. The van der Waals surface area contributed by atoms with Gasteiger partial charge in [0, 0.05) is 0 Å². The Kier molecular flexibility index (Phi) is 2.02. The van der Waals surface area contributed by atoms with E-state index < -0.39 is 0 Å². The molecular weight excluding hydrogens is 242 g/mol. The third kappa shape index (κ3) is 1.51. The van der Waals surface area contributed by atoms with Gasteiger partial charge in [-0.1, -0.05) is 11.6 Å². The number of nitrogens with one attached hydrogen (secondary N) is 1. The van der Waals surface area contributed by atoms with E-state index in [9.17, 15) is 0 Å². The van der Waals surface area contributed by atoms with E-state index in [0.717, 1.165) is 11.1 Å². The summed E-state index contributed by atoms with van der Waals surface area (Å²) in [5.74, 6) is 0.706. The second-order valence-electron chi connectivity index (χ2n) is 3.54. The van der Waals surface area contributed by atoms with Gasteiger partial charge in [-0.05, 0) is 6.92 Å². The molecule has 17 heavy (non-hydrogen) atoms. The van der Waals surface area contributed by atoms with Gasteiger partial charge in [0.1, 0.15) is 0 Å². The lowest BCUT2D eigenvalue weighted by atomic mass is 10.4. The first-order valence-corrected chi connectivity index (χ1v) is 5.21. The van der Waals surface area contributed by atoms with Gasteiger partial charge in [-0.25, -0.2) is 4.68 Å². The van der Waals surface area contributed by atoms with Crippen LogP contribution in [0.15, 0.2) is 12.4 Å². The first-order valence-electron chi connectivity index (χ1n) is 4.84. The minimum Gasteiger partial charge on any atom is -0.368 e. The lowest BCUT2D eigenvalue weighted by molar-refractivity contribution is 0.838. The fourth-order valence-electron chi connectivity index (χ4n) is 1.56. The summed E-state index contributed by atoms with van der Waals surface area (Å²) in [5.41, 5.74) is 6.91. The fourth-order valence-corrected chi connectivity index (χ4v) is 1.69. The van der Waals surface area contributed by atoms with E-state index in [1.54, 1.807) is 17.1 Å². The molecule has 0 saturated carbocycles. The molecule has 0 fully saturated rings. The Morgan fingerprint density at radius 1 is 1.41 bits per heavy atom. The molecule has 0 aliphatic heterocycles. The molecule has 0 aliphatic carbocycles. The number of anilines is 1. The van der Waals surface area contributed by atoms with Crippen LogP contribution in [0.1, 0.15) is 5.69 Å². The minimum absolute atomic E-state index is 0.154. The molecule has 7 nitrogen and oxygen atoms in total. The van der Waals surface area contributed by atoms with E-state index in [0.29, 0.717) is 16.5 Å². The molecule has 0 aliphatic rings. The number of nitrogens with zero attached hydrogens (tertiary/aromatic N) is 5. The predicted molar refractivity (Wildman–Crippen MR) is 63.0 cm³/mol. The number of aromatic amines is 1. The Hall–Kier alpha value is -2.15. The molecule has 3 heterocycles. The molecule has 0 atom stereocenters. The molecule has 0 amide bonds. The van der Waals surface area contributed by atoms with Gasteiger partial charge < -0.3 is 5.73 Å². The van der Waals surface area contributed by atoms with Crippen LogP contribution in [0.4, 0.5) is 5.95 Å². The highest BCUT2D eigenvalue weighted by atomic mass is 35.5. The zero-order valence-electron chi connectivity index (χ0n) is 8.85. The van der Waals surface area contributed by atoms with E-state index in [4.69, 9.17) is 17.3 Å². The lowest BCUT2D eigenvalue weighted by Crippen LogP contribution is -2.04. The Bertz CT molecular complexity index is 679. The summed E-state index contributed by atoms with van der Waals surface area (Å²) < 4.78 is 1.56. The molecule has 8 heteroatoms. The van der Waals surface area contributed by atoms with Crippen LogP contribution in [0.2, 0.25) is 5.02 Å². The van der Waals surface area contributed by atoms with Gasteiger partial charge in [0.2, 0.25) is 5.95 Å². The number of aryl methyl sites for hydroxylation is 1. The second kappa shape index (κ2) is 3.42. The Balaban J connectivity index is 2.32. The number of nitrogen functional groups attached to an aromatic ring is 1. The largest absolute Gasteiger partial charge is 0.368 e. The van der Waals surface area contributed by atoms with Crippen molar-refractivity contribution in [1.29, 1.82) is 0 Å². The van der Waals surface area contributed by atoms with E-state index >= 15 is 0 Å². The van der Waals surface area contributed by atoms with Crippen LogP contribution in [0.25, 0.3) is 16.9 Å². The summed E-state index contributed by atoms with van der Waals surface area (Å²) in [7, 11) is 0. The Morgan fingerprint density at radius 2 is 2.24 bits per heavy atom. The van der Waals surface area contributed by atoms with Gasteiger partial charge >= 0.3 is 0 Å². The smallest absolute Gasteiger partial charge is 0.224 e. The minimum atomic E-state index is 0.154. The van der Waals surface area contributed by atoms with Gasteiger partial charge in [-0.15, -0.1) is 0 Å². The van der Waals surface area contributed by atoms with Crippen LogP contribution >= 0.6 is 11.6 Å². The molecule has 0 aromatic carbocycles. The van der Waals surface area contributed by atoms with Crippen LogP contribution in [0.5, 0.6) is 0 Å². The quantitative estimate of drug-likeness (QED) is 0.672. The van der Waals surface area contributed by atoms with Crippen molar-refractivity contribution in [3.8, 4) is 5.82 Å². The molecule has 0 unspecified atom stereocenters. The molecule has 0 radical (unpaired) electrons. The van der Waals surface area contributed by atoms with Gasteiger partial charge in [0.25, 0.3) is 0 Å². The SMILES string of the molecule is Cc1nn(-c2nc(N)nc3[nH]ncc23)cc1Cl. The maximum atomic E-state index is 5.96. The third-order valence-electron chi connectivity index (χ3n) is 2.36. The van der Waals surface area contributed by atoms with Crippen molar-refractivity contribution in [2.45, 2.75) is 6.92 Å². The summed E-state index contributed by atoms with van der Waals surface area (Å²) in [4.78, 5) is 8.17. The van der Waals surface area contributed by atoms with E-state index in [1.165, 1.54) is 0 Å². The molecule has 3 N–H and O–H groups in total. The third-order valence-corrected chi connectivity index (χ3v) is 2.73. The number of aromatic nitrogens is 6. The van der Waals surface area contributed by atoms with Gasteiger partial charge in [-0.3, -0.25) is 5.10 Å². The number of hydrogen-bond acceptors (Lipinski definition) is 5. The zero-order valence-corrected chi connectivity index (χ0v) is 9.60. The molecule has 0 spiro atoms. The number of hydrogen-bond donors (Lipinski definition) is 2. The molecular formula is C9H8ClN7. The first-order chi connectivity index (χ1) is 8.15. The number of rotatable bonds is 1. The second-order valence-corrected chi connectivity index (χ2v) is 3.95. The maximum Gasteiger partial charge on any atom is 0.224 e. The van der Waals surface area contributed by atoms with E-state index in [1.807, 2.05) is 6.92 Å². The predicted octanol–water partition coefficient (Wildman–Crippen LogP) is 1.08. The van der Waals surface area contributed by atoms with Crippen molar-refractivity contribution in [1.82, 2.24) is 29.9 Å². The monoisotopic (exact) mass is 249 g/mol. The van der Waals surface area contributed by atoms with Crippen LogP contribution < -0.4 is 5.73 Å². The molecule has 3 rings (SSSR count). The number of H-pyrrole nitrogens is 1. The van der Waals surface area contributed by atoms with E-state index in [2.05, 4.69) is 25.3 Å². The van der Waals surface area contributed by atoms with Crippen LogP contribution in [-0.4, -0.2) is 29.9 Å². The van der Waals surface area contributed by atoms with Crippen LogP contribution in [0, 0.1) is 6.92 Å². The van der Waals surface area contributed by atoms with Crippen molar-refractivity contribution >= 4 is 28.6 Å². The van der Waals surface area contributed by atoms with Crippen molar-refractivity contribution < 1.29 is 0 Å². The van der Waals surface area contributed by atoms with Crippen molar-refractivity contribution in [2.75, 3.05) is 5.73 Å². The molecule has 0 bridgehead atoms. The van der Waals surface area contributed by atoms with Crippen molar-refractivity contribution in [3.63, 3.8) is 0 Å². The lowest BCUT2D eigenvalue weighted by Gasteiger charge is -2.02. The average Bonchev–Trinajstić information content (AvgIpc) is 2.85. The summed E-state index contributed by atoms with van der Waals surface area (Å²) >= 11 is 5.96. The highest BCUT2D eigenvalue weighted by Crippen LogP contribution is 2.20. The maximum absolute atomic E-state index is 5.96. The zero-order chi connectivity index (χ0) is 12.0. The number of nitrogens with two attached hydrogens (primary N) is 1. The Labute approximate surface area is 101 Å². The summed E-state index contributed by atoms with van der Waals surface area (Å²) in [6.07, 6.45) is 3.29. The summed E-state index contributed by atoms with van der Waals surface area (Å²) in [6, 6.07) is 0. The molecule has 86 valence electrons. The molecule has 3 aromatic rings. The molecule has 3 aromatic heterocycles. The van der Waals surface area contributed by atoms with Crippen molar-refractivity contribution in [3.05, 3.63) is 23.1 Å². The van der Waals surface area contributed by atoms with E-state index in [-0.39, 0.29) is 5.95 Å². The Morgan fingerprint density at radius 3 is 2.94 bits per heavy atom. The highest BCUT2D eigenvalue weighted by molar-refractivity contribution is 6.31. The van der Waals surface area contributed by atoms with Crippen molar-refractivity contribution in [2.24, 2.45) is 0 Å². The normalized spacial score (nSPS) is 11.2. The van der Waals surface area contributed by atoms with Crippen LogP contribution in [-0.2, 0) is 0 Å².